The van der Waals surface area contributed by atoms with Gasteiger partial charge in [-0.05, 0) is 37.0 Å². The molecular formula is C12H18ClNO. The SMILES string of the molecule is COCC(N)CCc1ccc(Cl)c(C)c1. The van der Waals surface area contributed by atoms with Crippen LogP contribution in [-0.4, -0.2) is 19.8 Å². The Balaban J connectivity index is 2.47. The van der Waals surface area contributed by atoms with Gasteiger partial charge < -0.3 is 10.5 Å². The van der Waals surface area contributed by atoms with Crippen molar-refractivity contribution in [3.05, 3.63) is 34.3 Å². The van der Waals surface area contributed by atoms with Gasteiger partial charge in [0.25, 0.3) is 0 Å². The summed E-state index contributed by atoms with van der Waals surface area (Å²) in [6.07, 6.45) is 1.91. The minimum absolute atomic E-state index is 0.117. The molecule has 1 aromatic carbocycles. The molecule has 0 aliphatic heterocycles. The Labute approximate surface area is 96.4 Å². The van der Waals surface area contributed by atoms with Gasteiger partial charge >= 0.3 is 0 Å². The normalized spacial score (nSPS) is 12.8. The van der Waals surface area contributed by atoms with Gasteiger partial charge in [-0.1, -0.05) is 23.7 Å². The third kappa shape index (κ3) is 4.20. The maximum absolute atomic E-state index is 5.95. The Hall–Kier alpha value is -0.570. The first-order chi connectivity index (χ1) is 7.13. The van der Waals surface area contributed by atoms with Crippen molar-refractivity contribution in [2.75, 3.05) is 13.7 Å². The fraction of sp³-hybridized carbons (Fsp3) is 0.500. The van der Waals surface area contributed by atoms with Crippen molar-refractivity contribution in [1.82, 2.24) is 0 Å². The van der Waals surface area contributed by atoms with E-state index >= 15 is 0 Å². The molecule has 1 rings (SSSR count). The van der Waals surface area contributed by atoms with Gasteiger partial charge in [0.1, 0.15) is 0 Å². The van der Waals surface area contributed by atoms with E-state index in [2.05, 4.69) is 12.1 Å². The van der Waals surface area contributed by atoms with Crippen LogP contribution in [0.15, 0.2) is 18.2 Å². The van der Waals surface area contributed by atoms with Crippen LogP contribution in [0.4, 0.5) is 0 Å². The zero-order valence-corrected chi connectivity index (χ0v) is 10.1. The van der Waals surface area contributed by atoms with Gasteiger partial charge in [0.15, 0.2) is 0 Å². The Kier molecular flexibility index (Phi) is 5.09. The summed E-state index contributed by atoms with van der Waals surface area (Å²) in [6.45, 7) is 2.63. The third-order valence-corrected chi connectivity index (χ3v) is 2.83. The molecule has 3 heteroatoms. The molecule has 1 aromatic rings. The highest BCUT2D eigenvalue weighted by Gasteiger charge is 2.03. The number of hydrogen-bond acceptors (Lipinski definition) is 2. The number of methoxy groups -OCH3 is 1. The van der Waals surface area contributed by atoms with Crippen molar-refractivity contribution in [2.24, 2.45) is 5.73 Å². The molecule has 0 fully saturated rings. The minimum atomic E-state index is 0.117. The largest absolute Gasteiger partial charge is 0.383 e. The Morgan fingerprint density at radius 2 is 2.20 bits per heavy atom. The summed E-state index contributed by atoms with van der Waals surface area (Å²) in [5.74, 6) is 0. The Morgan fingerprint density at radius 3 is 2.80 bits per heavy atom. The predicted molar refractivity (Wildman–Crippen MR) is 64.4 cm³/mol. The van der Waals surface area contributed by atoms with E-state index in [1.54, 1.807) is 7.11 Å². The highest BCUT2D eigenvalue weighted by molar-refractivity contribution is 6.31. The summed E-state index contributed by atoms with van der Waals surface area (Å²) in [7, 11) is 1.67. The smallest absolute Gasteiger partial charge is 0.0613 e. The number of ether oxygens (including phenoxy) is 1. The lowest BCUT2D eigenvalue weighted by atomic mass is 10.0. The van der Waals surface area contributed by atoms with E-state index < -0.39 is 0 Å². The van der Waals surface area contributed by atoms with Crippen LogP contribution >= 0.6 is 11.6 Å². The Morgan fingerprint density at radius 1 is 1.47 bits per heavy atom. The fourth-order valence-corrected chi connectivity index (χ4v) is 1.63. The van der Waals surface area contributed by atoms with Crippen molar-refractivity contribution < 1.29 is 4.74 Å². The summed E-state index contributed by atoms with van der Waals surface area (Å²) in [5.41, 5.74) is 8.25. The second-order valence-electron chi connectivity index (χ2n) is 3.84. The topological polar surface area (TPSA) is 35.2 Å². The number of nitrogens with two attached hydrogens (primary N) is 1. The number of hydrogen-bond donors (Lipinski definition) is 1. The number of halogens is 1. The number of aryl methyl sites for hydroxylation is 2. The maximum Gasteiger partial charge on any atom is 0.0613 e. The van der Waals surface area contributed by atoms with E-state index in [9.17, 15) is 0 Å². The summed E-state index contributed by atoms with van der Waals surface area (Å²) < 4.78 is 4.99. The monoisotopic (exact) mass is 227 g/mol. The molecule has 0 aromatic heterocycles. The quantitative estimate of drug-likeness (QED) is 0.839. The van der Waals surface area contributed by atoms with E-state index in [-0.39, 0.29) is 6.04 Å². The summed E-state index contributed by atoms with van der Waals surface area (Å²) in [4.78, 5) is 0. The molecule has 0 aliphatic carbocycles. The molecular weight excluding hydrogens is 210 g/mol. The van der Waals surface area contributed by atoms with Crippen molar-refractivity contribution in [3.8, 4) is 0 Å². The molecule has 0 saturated heterocycles. The van der Waals surface area contributed by atoms with E-state index in [0.717, 1.165) is 23.4 Å². The maximum atomic E-state index is 5.95. The van der Waals surface area contributed by atoms with Crippen molar-refractivity contribution in [3.63, 3.8) is 0 Å². The van der Waals surface area contributed by atoms with Crippen LogP contribution in [0.5, 0.6) is 0 Å². The molecule has 1 unspecified atom stereocenters. The average Bonchev–Trinajstić information content (AvgIpc) is 2.20. The molecule has 0 spiro atoms. The lowest BCUT2D eigenvalue weighted by Gasteiger charge is -2.10. The first-order valence-electron chi connectivity index (χ1n) is 5.13. The minimum Gasteiger partial charge on any atom is -0.383 e. The van der Waals surface area contributed by atoms with Gasteiger partial charge in [0, 0.05) is 18.2 Å². The summed E-state index contributed by atoms with van der Waals surface area (Å²) in [6, 6.07) is 6.22. The fourth-order valence-electron chi connectivity index (χ4n) is 1.51. The van der Waals surface area contributed by atoms with Gasteiger partial charge in [-0.15, -0.1) is 0 Å². The average molecular weight is 228 g/mol. The van der Waals surface area contributed by atoms with Crippen LogP contribution < -0.4 is 5.73 Å². The zero-order chi connectivity index (χ0) is 11.3. The molecule has 15 heavy (non-hydrogen) atoms. The second kappa shape index (κ2) is 6.11. The van der Waals surface area contributed by atoms with Crippen molar-refractivity contribution >= 4 is 11.6 Å². The van der Waals surface area contributed by atoms with Crippen LogP contribution in [0.2, 0.25) is 5.02 Å². The highest BCUT2D eigenvalue weighted by atomic mass is 35.5. The summed E-state index contributed by atoms with van der Waals surface area (Å²) >= 11 is 5.95. The van der Waals surface area contributed by atoms with Crippen LogP contribution in [-0.2, 0) is 11.2 Å². The molecule has 0 bridgehead atoms. The van der Waals surface area contributed by atoms with Gasteiger partial charge in [-0.25, -0.2) is 0 Å². The number of benzene rings is 1. The van der Waals surface area contributed by atoms with Crippen LogP contribution in [0.25, 0.3) is 0 Å². The molecule has 0 saturated carbocycles. The summed E-state index contributed by atoms with van der Waals surface area (Å²) in [5, 5.41) is 0.819. The first kappa shape index (κ1) is 12.5. The van der Waals surface area contributed by atoms with Crippen molar-refractivity contribution in [2.45, 2.75) is 25.8 Å². The molecule has 0 amide bonds. The highest BCUT2D eigenvalue weighted by Crippen LogP contribution is 2.17. The Bertz CT molecular complexity index is 314. The van der Waals surface area contributed by atoms with Crippen LogP contribution in [0, 0.1) is 6.92 Å². The van der Waals surface area contributed by atoms with E-state index in [4.69, 9.17) is 22.1 Å². The second-order valence-corrected chi connectivity index (χ2v) is 4.24. The molecule has 1 atom stereocenters. The zero-order valence-electron chi connectivity index (χ0n) is 9.29. The van der Waals surface area contributed by atoms with E-state index in [1.807, 2.05) is 13.0 Å². The van der Waals surface area contributed by atoms with Gasteiger partial charge in [0.05, 0.1) is 6.61 Å². The standard InChI is InChI=1S/C12H18ClNO/c1-9-7-10(4-6-12(9)13)3-5-11(14)8-15-2/h4,6-7,11H,3,5,8,14H2,1-2H3. The molecule has 84 valence electrons. The van der Waals surface area contributed by atoms with Crippen molar-refractivity contribution in [1.29, 1.82) is 0 Å². The molecule has 2 nitrogen and oxygen atoms in total. The lowest BCUT2D eigenvalue weighted by molar-refractivity contribution is 0.177. The molecule has 0 radical (unpaired) electrons. The molecule has 2 N–H and O–H groups in total. The predicted octanol–water partition coefficient (Wildman–Crippen LogP) is 2.55. The third-order valence-electron chi connectivity index (χ3n) is 2.41. The van der Waals surface area contributed by atoms with Crippen LogP contribution in [0.3, 0.4) is 0 Å². The molecule has 0 aliphatic rings. The van der Waals surface area contributed by atoms with Gasteiger partial charge in [-0.2, -0.15) is 0 Å². The lowest BCUT2D eigenvalue weighted by Crippen LogP contribution is -2.26. The van der Waals surface area contributed by atoms with Crippen LogP contribution in [0.1, 0.15) is 17.5 Å². The first-order valence-corrected chi connectivity index (χ1v) is 5.51. The van der Waals surface area contributed by atoms with Gasteiger partial charge in [0.2, 0.25) is 0 Å². The van der Waals surface area contributed by atoms with E-state index in [0.29, 0.717) is 6.61 Å². The van der Waals surface area contributed by atoms with E-state index in [1.165, 1.54) is 5.56 Å². The number of rotatable bonds is 5. The van der Waals surface area contributed by atoms with Gasteiger partial charge in [-0.3, -0.25) is 0 Å². The molecule has 0 heterocycles.